The average molecular weight is 701 g/mol. The van der Waals surface area contributed by atoms with Gasteiger partial charge >= 0.3 is 0 Å². The van der Waals surface area contributed by atoms with Crippen LogP contribution >= 0.6 is 0 Å². The Bertz CT molecular complexity index is 2130. The van der Waals surface area contributed by atoms with Gasteiger partial charge in [-0.25, -0.2) is 13.2 Å². The second-order valence-corrected chi connectivity index (χ2v) is 12.3. The summed E-state index contributed by atoms with van der Waals surface area (Å²) < 4.78 is 58.0. The van der Waals surface area contributed by atoms with Crippen molar-refractivity contribution >= 4 is 34.1 Å². The van der Waals surface area contributed by atoms with Gasteiger partial charge in [0.2, 0.25) is 11.8 Å². The number of ether oxygens (including phenoxy) is 2. The van der Waals surface area contributed by atoms with Gasteiger partial charge in [0.1, 0.15) is 17.3 Å². The third kappa shape index (κ3) is 6.70. The van der Waals surface area contributed by atoms with Gasteiger partial charge in [0, 0.05) is 80.5 Å². The second-order valence-electron chi connectivity index (χ2n) is 12.3. The Morgan fingerprint density at radius 2 is 1.71 bits per heavy atom. The number of nitrogens with zero attached hydrogens (tertiary/aromatic N) is 7. The Morgan fingerprint density at radius 3 is 2.45 bits per heavy atom. The number of anilines is 1. The van der Waals surface area contributed by atoms with E-state index in [1.165, 1.54) is 19.4 Å². The van der Waals surface area contributed by atoms with Crippen LogP contribution in [0.2, 0.25) is 0 Å². The maximum Gasteiger partial charge on any atom is 0.270 e. The standard InChI is InChI=1S/C36H35F3N8O4/c1-50-30-20-28(38)27(37)18-25(30)24-17-23(22-5-4-10-46(21-22)33(48)8-11-47-12-9-40-43-47)34(39)35-26(24)19-29(41-35)36(49)45-15-13-44(14-16-45)31-6-3-7-32(42-31)51-2/h3,5-7,9,12,17-20,41H,4,8,10-11,13-16,21H2,1-2H3. The maximum atomic E-state index is 16.6. The molecule has 0 atom stereocenters. The van der Waals surface area contributed by atoms with Crippen molar-refractivity contribution in [1.82, 2.24) is 34.8 Å². The molecule has 0 radical (unpaired) electrons. The molecule has 264 valence electrons. The fraction of sp³-hybridized carbons (Fsp3) is 0.306. The number of halogens is 3. The van der Waals surface area contributed by atoms with Crippen molar-refractivity contribution in [2.45, 2.75) is 19.4 Å². The van der Waals surface area contributed by atoms with Gasteiger partial charge in [0.15, 0.2) is 17.5 Å². The van der Waals surface area contributed by atoms with E-state index in [-0.39, 0.29) is 52.9 Å². The van der Waals surface area contributed by atoms with Crippen molar-refractivity contribution in [1.29, 1.82) is 0 Å². The van der Waals surface area contributed by atoms with E-state index in [0.29, 0.717) is 68.1 Å². The number of hydrogen-bond acceptors (Lipinski definition) is 8. The molecule has 0 unspecified atom stereocenters. The van der Waals surface area contributed by atoms with Crippen LogP contribution in [0, 0.1) is 17.5 Å². The number of fused-ring (bicyclic) bond motifs is 1. The summed E-state index contributed by atoms with van der Waals surface area (Å²) in [7, 11) is 2.88. The number of aromatic nitrogens is 5. The lowest BCUT2D eigenvalue weighted by Gasteiger charge is -2.35. The first-order valence-electron chi connectivity index (χ1n) is 16.5. The number of rotatable bonds is 9. The molecule has 1 N–H and O–H groups in total. The van der Waals surface area contributed by atoms with E-state index in [2.05, 4.69) is 25.2 Å². The lowest BCUT2D eigenvalue weighted by Crippen LogP contribution is -2.49. The van der Waals surface area contributed by atoms with Crippen molar-refractivity contribution < 1.29 is 32.2 Å². The van der Waals surface area contributed by atoms with Crippen molar-refractivity contribution in [3.05, 3.63) is 89.6 Å². The average Bonchev–Trinajstić information content (AvgIpc) is 3.86. The van der Waals surface area contributed by atoms with Crippen molar-refractivity contribution in [2.24, 2.45) is 0 Å². The van der Waals surface area contributed by atoms with Gasteiger partial charge in [-0.05, 0) is 41.8 Å². The van der Waals surface area contributed by atoms with Crippen molar-refractivity contribution in [3.63, 3.8) is 0 Å². The zero-order chi connectivity index (χ0) is 35.6. The number of H-pyrrole nitrogens is 1. The Morgan fingerprint density at radius 1 is 0.902 bits per heavy atom. The molecular formula is C36H35F3N8O4. The van der Waals surface area contributed by atoms with Crippen molar-refractivity contribution in [3.8, 4) is 22.8 Å². The smallest absolute Gasteiger partial charge is 0.270 e. The zero-order valence-corrected chi connectivity index (χ0v) is 28.0. The van der Waals surface area contributed by atoms with E-state index in [0.717, 1.165) is 18.0 Å². The van der Waals surface area contributed by atoms with Crippen LogP contribution in [0.15, 0.2) is 60.9 Å². The molecule has 1 fully saturated rings. The number of methoxy groups -OCH3 is 2. The number of carbonyl (C=O) groups excluding carboxylic acids is 2. The molecule has 0 bridgehead atoms. The minimum atomic E-state index is -1.11. The first kappa shape index (κ1) is 33.6. The first-order valence-corrected chi connectivity index (χ1v) is 16.5. The molecule has 0 spiro atoms. The molecule has 5 aromatic rings. The Labute approximate surface area is 291 Å². The van der Waals surface area contributed by atoms with Crippen LogP contribution in [0.1, 0.15) is 28.9 Å². The number of benzene rings is 2. The largest absolute Gasteiger partial charge is 0.496 e. The van der Waals surface area contributed by atoms with Crippen LogP contribution in [0.5, 0.6) is 11.6 Å². The molecule has 2 aliphatic rings. The Balaban J connectivity index is 1.21. The molecule has 51 heavy (non-hydrogen) atoms. The van der Waals surface area contributed by atoms with Crippen LogP contribution in [0.25, 0.3) is 27.6 Å². The molecule has 0 aliphatic carbocycles. The molecule has 1 saturated heterocycles. The second kappa shape index (κ2) is 14.2. The van der Waals surface area contributed by atoms with E-state index in [1.807, 2.05) is 18.2 Å². The summed E-state index contributed by atoms with van der Waals surface area (Å²) in [5, 5.41) is 7.96. The molecule has 3 aromatic heterocycles. The number of pyridine rings is 1. The number of amides is 2. The number of carbonyl (C=O) groups is 2. The minimum Gasteiger partial charge on any atom is -0.496 e. The molecule has 12 nitrogen and oxygen atoms in total. The third-order valence-electron chi connectivity index (χ3n) is 9.30. The topological polar surface area (TPSA) is 122 Å². The first-order chi connectivity index (χ1) is 24.7. The van der Waals surface area contributed by atoms with E-state index in [9.17, 15) is 18.4 Å². The molecule has 2 amide bonds. The van der Waals surface area contributed by atoms with Gasteiger partial charge < -0.3 is 29.2 Å². The Hall–Kier alpha value is -5.86. The quantitative estimate of drug-likeness (QED) is 0.230. The van der Waals surface area contributed by atoms with E-state index in [4.69, 9.17) is 9.47 Å². The highest BCUT2D eigenvalue weighted by atomic mass is 19.2. The van der Waals surface area contributed by atoms with Gasteiger partial charge in [0.05, 0.1) is 32.5 Å². The van der Waals surface area contributed by atoms with Crippen LogP contribution < -0.4 is 14.4 Å². The summed E-state index contributed by atoms with van der Waals surface area (Å²) in [4.78, 5) is 39.9. The van der Waals surface area contributed by atoms with Crippen LogP contribution in [0.3, 0.4) is 0 Å². The maximum absolute atomic E-state index is 16.6. The van der Waals surface area contributed by atoms with Gasteiger partial charge in [-0.3, -0.25) is 14.3 Å². The minimum absolute atomic E-state index is 0.0207. The summed E-state index contributed by atoms with van der Waals surface area (Å²) in [6.07, 6.45) is 5.73. The SMILES string of the molecule is COc1cccc(N2CCN(C(=O)c3cc4c(-c5cc(F)c(F)cc5OC)cc(C5=CCCN(C(=O)CCn6ccnn6)C5)c(F)c4[nH]3)CC2)n1. The van der Waals surface area contributed by atoms with Crippen molar-refractivity contribution in [2.75, 3.05) is 58.4 Å². The number of aryl methyl sites for hydroxylation is 1. The van der Waals surface area contributed by atoms with Gasteiger partial charge in [0.25, 0.3) is 5.91 Å². The number of hydrogen-bond donors (Lipinski definition) is 1. The molecule has 5 heterocycles. The van der Waals surface area contributed by atoms with E-state index >= 15 is 4.39 Å². The monoisotopic (exact) mass is 700 g/mol. The van der Waals surface area contributed by atoms with Crippen LogP contribution in [-0.2, 0) is 11.3 Å². The van der Waals surface area contributed by atoms with Crippen LogP contribution in [0.4, 0.5) is 19.0 Å². The summed E-state index contributed by atoms with van der Waals surface area (Å²) in [5.74, 6) is -2.05. The molecule has 7 rings (SSSR count). The van der Waals surface area contributed by atoms with E-state index in [1.54, 1.807) is 39.9 Å². The molecule has 2 aliphatic heterocycles. The number of piperazine rings is 1. The number of nitrogens with one attached hydrogen (secondary N) is 1. The number of aromatic amines is 1. The predicted molar refractivity (Wildman–Crippen MR) is 183 cm³/mol. The highest BCUT2D eigenvalue weighted by Crippen LogP contribution is 2.41. The molecular weight excluding hydrogens is 665 g/mol. The zero-order valence-electron chi connectivity index (χ0n) is 28.0. The fourth-order valence-corrected chi connectivity index (χ4v) is 6.61. The van der Waals surface area contributed by atoms with Crippen LogP contribution in [-0.4, -0.2) is 100 Å². The van der Waals surface area contributed by atoms with Gasteiger partial charge in [-0.2, -0.15) is 4.98 Å². The molecule has 15 heteroatoms. The lowest BCUT2D eigenvalue weighted by atomic mass is 9.92. The fourth-order valence-electron chi connectivity index (χ4n) is 6.61. The molecule has 2 aromatic carbocycles. The summed E-state index contributed by atoms with van der Waals surface area (Å²) in [6, 6.07) is 10.5. The molecule has 0 saturated carbocycles. The lowest BCUT2D eigenvalue weighted by molar-refractivity contribution is -0.131. The predicted octanol–water partition coefficient (Wildman–Crippen LogP) is 4.92. The van der Waals surface area contributed by atoms with Gasteiger partial charge in [-0.15, -0.1) is 5.10 Å². The summed E-state index contributed by atoms with van der Waals surface area (Å²) >= 11 is 0. The summed E-state index contributed by atoms with van der Waals surface area (Å²) in [6.45, 7) is 2.74. The van der Waals surface area contributed by atoms with E-state index < -0.39 is 17.5 Å². The Kier molecular flexibility index (Phi) is 9.34. The highest BCUT2D eigenvalue weighted by Gasteiger charge is 2.29. The van der Waals surface area contributed by atoms with Gasteiger partial charge in [-0.1, -0.05) is 17.4 Å². The normalized spacial score (nSPS) is 14.9. The summed E-state index contributed by atoms with van der Waals surface area (Å²) in [5.41, 5.74) is 1.38. The third-order valence-corrected chi connectivity index (χ3v) is 9.30. The highest BCUT2D eigenvalue weighted by molar-refractivity contribution is 6.05.